The van der Waals surface area contributed by atoms with Gasteiger partial charge in [0.05, 0.1) is 12.2 Å². The second kappa shape index (κ2) is 13.6. The van der Waals surface area contributed by atoms with Gasteiger partial charge in [-0.3, -0.25) is 0 Å². The van der Waals surface area contributed by atoms with Crippen molar-refractivity contribution in [3.8, 4) is 5.75 Å². The Bertz CT molecular complexity index is 550. The fraction of sp³-hybridized carbons (Fsp3) is 0.652. The zero-order chi connectivity index (χ0) is 19.2. The first kappa shape index (κ1) is 22.5. The van der Waals surface area contributed by atoms with Crippen LogP contribution in [0.25, 0.3) is 5.57 Å². The lowest BCUT2D eigenvalue weighted by molar-refractivity contribution is -0.456. The van der Waals surface area contributed by atoms with E-state index in [1.165, 1.54) is 56.1 Å². The molecule has 1 aromatic rings. The van der Waals surface area contributed by atoms with Gasteiger partial charge in [0.15, 0.2) is 5.87 Å². The fourth-order valence-electron chi connectivity index (χ4n) is 2.96. The molecule has 3 nitrogen and oxygen atoms in total. The highest BCUT2D eigenvalue weighted by Gasteiger charge is 2.06. The summed E-state index contributed by atoms with van der Waals surface area (Å²) in [5.74, 6) is 4.36. The van der Waals surface area contributed by atoms with Crippen LogP contribution in [-0.2, 0) is 0 Å². The summed E-state index contributed by atoms with van der Waals surface area (Å²) in [5, 5.41) is 0. The molecule has 0 spiro atoms. The molecule has 0 N–H and O–H groups in total. The molecule has 3 heteroatoms. The van der Waals surface area contributed by atoms with Crippen molar-refractivity contribution in [1.82, 2.24) is 4.90 Å². The van der Waals surface area contributed by atoms with Gasteiger partial charge in [0.25, 0.3) is 0 Å². The molecule has 0 atom stereocenters. The quantitative estimate of drug-likeness (QED) is 0.277. The van der Waals surface area contributed by atoms with Crippen molar-refractivity contribution in [2.24, 2.45) is 0 Å². The number of rotatable bonds is 13. The van der Waals surface area contributed by atoms with Crippen LogP contribution in [0.5, 0.6) is 5.75 Å². The molecule has 1 rings (SSSR count). The van der Waals surface area contributed by atoms with E-state index in [1.807, 2.05) is 18.7 Å². The lowest BCUT2D eigenvalue weighted by Crippen LogP contribution is -2.15. The molecule has 0 fully saturated rings. The Morgan fingerprint density at radius 3 is 2.04 bits per heavy atom. The highest BCUT2D eigenvalue weighted by atomic mass is 16.5. The standard InChI is InChI=1S/C23H39N2O/c1-6-7-8-9-10-11-12-13-18-26-23-16-14-21(15-17-23)22(19-24(2)3)20-25(4)5/h14-17H,6-13,18-19H2,1-5H3/q+1. The molecular weight excluding hydrogens is 320 g/mol. The van der Waals surface area contributed by atoms with E-state index in [0.29, 0.717) is 0 Å². The third-order valence-electron chi connectivity index (χ3n) is 4.30. The normalized spacial score (nSPS) is 10.7. The summed E-state index contributed by atoms with van der Waals surface area (Å²) in [5.41, 5.74) is 2.39. The van der Waals surface area contributed by atoms with Gasteiger partial charge >= 0.3 is 0 Å². The number of ether oxygens (including phenoxy) is 1. The second-order valence-electron chi connectivity index (χ2n) is 7.57. The zero-order valence-electron chi connectivity index (χ0n) is 17.7. The van der Waals surface area contributed by atoms with Gasteiger partial charge in [-0.1, -0.05) is 64.0 Å². The van der Waals surface area contributed by atoms with Gasteiger partial charge in [-0.25, -0.2) is 0 Å². The minimum atomic E-state index is 0.818. The van der Waals surface area contributed by atoms with Gasteiger partial charge < -0.3 is 9.64 Å². The van der Waals surface area contributed by atoms with Gasteiger partial charge in [-0.05, 0) is 38.2 Å². The van der Waals surface area contributed by atoms with Crippen molar-refractivity contribution in [2.45, 2.75) is 58.3 Å². The third-order valence-corrected chi connectivity index (χ3v) is 4.30. The predicted molar refractivity (Wildman–Crippen MR) is 114 cm³/mol. The Morgan fingerprint density at radius 1 is 0.923 bits per heavy atom. The number of hydrogen-bond donors (Lipinski definition) is 0. The first-order chi connectivity index (χ1) is 12.5. The van der Waals surface area contributed by atoms with Crippen LogP contribution in [0, 0.1) is 0 Å². The van der Waals surface area contributed by atoms with Crippen molar-refractivity contribution >= 4 is 11.4 Å². The molecular formula is C23H39N2O+. The van der Waals surface area contributed by atoms with Crippen molar-refractivity contribution in [2.75, 3.05) is 41.3 Å². The van der Waals surface area contributed by atoms with Gasteiger partial charge in [0.1, 0.15) is 19.8 Å². The molecule has 0 saturated carbocycles. The molecule has 0 unspecified atom stereocenters. The minimum Gasteiger partial charge on any atom is -0.494 e. The van der Waals surface area contributed by atoms with Crippen molar-refractivity contribution in [3.05, 3.63) is 29.8 Å². The van der Waals surface area contributed by atoms with Gasteiger partial charge in [-0.15, -0.1) is 0 Å². The van der Waals surface area contributed by atoms with Crippen molar-refractivity contribution in [3.63, 3.8) is 0 Å². The Labute approximate surface area is 161 Å². The van der Waals surface area contributed by atoms with E-state index in [0.717, 1.165) is 25.3 Å². The van der Waals surface area contributed by atoms with Crippen molar-refractivity contribution in [1.29, 1.82) is 0 Å². The maximum atomic E-state index is 5.90. The number of hydrogen-bond acceptors (Lipinski definition) is 2. The monoisotopic (exact) mass is 359 g/mol. The molecule has 0 bridgehead atoms. The van der Waals surface area contributed by atoms with Gasteiger partial charge in [0, 0.05) is 6.54 Å². The molecule has 0 heterocycles. The van der Waals surface area contributed by atoms with Crippen molar-refractivity contribution < 1.29 is 9.31 Å². The van der Waals surface area contributed by atoms with Crippen LogP contribution in [0.3, 0.4) is 0 Å². The molecule has 0 aliphatic heterocycles. The second-order valence-corrected chi connectivity index (χ2v) is 7.57. The van der Waals surface area contributed by atoms with Crippen LogP contribution >= 0.6 is 0 Å². The lowest BCUT2D eigenvalue weighted by atomic mass is 10.1. The van der Waals surface area contributed by atoms with E-state index < -0.39 is 0 Å². The van der Waals surface area contributed by atoms with E-state index in [2.05, 4.69) is 56.1 Å². The average Bonchev–Trinajstić information content (AvgIpc) is 2.59. The summed E-state index contributed by atoms with van der Waals surface area (Å²) in [4.78, 5) is 2.17. The van der Waals surface area contributed by atoms with Gasteiger partial charge in [-0.2, -0.15) is 4.58 Å². The summed E-state index contributed by atoms with van der Waals surface area (Å²) in [6.45, 7) is 3.96. The Kier molecular flexibility index (Phi) is 11.8. The highest BCUT2D eigenvalue weighted by molar-refractivity contribution is 5.88. The number of nitrogens with zero attached hydrogens (tertiary/aromatic N) is 2. The Hall–Kier alpha value is -1.57. The number of benzene rings is 1. The molecule has 146 valence electrons. The molecule has 0 amide bonds. The van der Waals surface area contributed by atoms with Crippen LogP contribution in [-0.4, -0.2) is 56.7 Å². The largest absolute Gasteiger partial charge is 0.494 e. The number of likely N-dealkylation sites (N-methyl/N-ethyl adjacent to an activating group) is 1. The first-order valence-corrected chi connectivity index (χ1v) is 10.2. The van der Waals surface area contributed by atoms with E-state index in [9.17, 15) is 0 Å². The molecule has 0 aliphatic carbocycles. The fourth-order valence-corrected chi connectivity index (χ4v) is 2.96. The maximum Gasteiger partial charge on any atom is 0.172 e. The maximum absolute atomic E-state index is 5.90. The summed E-state index contributed by atoms with van der Waals surface area (Å²) < 4.78 is 7.88. The highest BCUT2D eigenvalue weighted by Crippen LogP contribution is 2.18. The molecule has 0 saturated heterocycles. The lowest BCUT2D eigenvalue weighted by Gasteiger charge is -2.11. The summed E-state index contributed by atoms with van der Waals surface area (Å²) in [7, 11) is 8.19. The van der Waals surface area contributed by atoms with Crippen LogP contribution < -0.4 is 4.74 Å². The third kappa shape index (κ3) is 10.4. The molecule has 0 aromatic heterocycles. The zero-order valence-corrected chi connectivity index (χ0v) is 17.7. The SMILES string of the molecule is CCCCCCCCCCOc1ccc(C(=C=[N+](C)C)CN(C)C)cc1. The van der Waals surface area contributed by atoms with Crippen LogP contribution in [0.1, 0.15) is 63.9 Å². The molecule has 0 aliphatic rings. The van der Waals surface area contributed by atoms with E-state index in [-0.39, 0.29) is 0 Å². The number of unbranched alkanes of at least 4 members (excludes halogenated alkanes) is 7. The molecule has 1 aromatic carbocycles. The topological polar surface area (TPSA) is 15.5 Å². The molecule has 26 heavy (non-hydrogen) atoms. The predicted octanol–water partition coefficient (Wildman–Crippen LogP) is 5.09. The first-order valence-electron chi connectivity index (χ1n) is 10.2. The summed E-state index contributed by atoms with van der Waals surface area (Å²) >= 11 is 0. The average molecular weight is 360 g/mol. The van der Waals surface area contributed by atoms with Gasteiger partial charge in [0.2, 0.25) is 0 Å². The van der Waals surface area contributed by atoms with E-state index >= 15 is 0 Å². The molecule has 0 radical (unpaired) electrons. The summed E-state index contributed by atoms with van der Waals surface area (Å²) in [6, 6.07) is 8.43. The van der Waals surface area contributed by atoms with E-state index in [1.54, 1.807) is 0 Å². The van der Waals surface area contributed by atoms with Crippen LogP contribution in [0.2, 0.25) is 0 Å². The minimum absolute atomic E-state index is 0.818. The van der Waals surface area contributed by atoms with Crippen LogP contribution in [0.15, 0.2) is 24.3 Å². The smallest absolute Gasteiger partial charge is 0.172 e. The van der Waals surface area contributed by atoms with Crippen LogP contribution in [0.4, 0.5) is 0 Å². The van der Waals surface area contributed by atoms with E-state index in [4.69, 9.17) is 4.74 Å². The Morgan fingerprint density at radius 2 is 1.50 bits per heavy atom. The Balaban J connectivity index is 2.37. The summed E-state index contributed by atoms with van der Waals surface area (Å²) in [6.07, 6.45) is 10.6.